The first-order valence-electron chi connectivity index (χ1n) is 7.51. The van der Waals surface area contributed by atoms with E-state index in [9.17, 15) is 0 Å². The SMILES string of the molecule is N#Cc1ccc2nc(CCl)n(C3CCN(C4CC4)C3)c2c1. The van der Waals surface area contributed by atoms with Crippen LogP contribution < -0.4 is 0 Å². The molecule has 108 valence electrons. The average molecular weight is 301 g/mol. The summed E-state index contributed by atoms with van der Waals surface area (Å²) in [5.74, 6) is 1.33. The zero-order chi connectivity index (χ0) is 14.4. The molecule has 1 saturated carbocycles. The van der Waals surface area contributed by atoms with E-state index < -0.39 is 0 Å². The molecule has 2 fully saturated rings. The highest BCUT2D eigenvalue weighted by Gasteiger charge is 2.35. The number of hydrogen-bond acceptors (Lipinski definition) is 3. The van der Waals surface area contributed by atoms with Gasteiger partial charge in [-0.15, -0.1) is 11.6 Å². The number of benzene rings is 1. The van der Waals surface area contributed by atoms with Crippen molar-refractivity contribution in [3.05, 3.63) is 29.6 Å². The molecule has 4 nitrogen and oxygen atoms in total. The maximum atomic E-state index is 9.13. The summed E-state index contributed by atoms with van der Waals surface area (Å²) < 4.78 is 2.27. The van der Waals surface area contributed by atoms with Crippen molar-refractivity contribution in [2.45, 2.75) is 37.2 Å². The van der Waals surface area contributed by atoms with E-state index >= 15 is 0 Å². The van der Waals surface area contributed by atoms with Gasteiger partial charge in [0.2, 0.25) is 0 Å². The summed E-state index contributed by atoms with van der Waals surface area (Å²) in [4.78, 5) is 7.23. The average Bonchev–Trinajstić information content (AvgIpc) is 3.14. The fourth-order valence-electron chi connectivity index (χ4n) is 3.46. The van der Waals surface area contributed by atoms with Crippen LogP contribution in [0.4, 0.5) is 0 Å². The standard InChI is InChI=1S/C16H17ClN4/c17-8-16-19-14-4-1-11(9-18)7-15(14)21(16)13-5-6-20(10-13)12-2-3-12/h1,4,7,12-13H,2-3,5-6,8,10H2. The van der Waals surface area contributed by atoms with Gasteiger partial charge >= 0.3 is 0 Å². The molecule has 1 atom stereocenters. The van der Waals surface area contributed by atoms with E-state index in [4.69, 9.17) is 16.9 Å². The molecule has 4 rings (SSSR count). The molecule has 2 aromatic rings. The van der Waals surface area contributed by atoms with Crippen LogP contribution >= 0.6 is 11.6 Å². The summed E-state index contributed by atoms with van der Waals surface area (Å²) in [6.07, 6.45) is 3.83. The first-order chi connectivity index (χ1) is 10.3. The summed E-state index contributed by atoms with van der Waals surface area (Å²) in [5, 5.41) is 9.13. The molecule has 21 heavy (non-hydrogen) atoms. The number of alkyl halides is 1. The molecule has 0 N–H and O–H groups in total. The Hall–Kier alpha value is -1.57. The van der Waals surface area contributed by atoms with Crippen LogP contribution in [0.15, 0.2) is 18.2 Å². The van der Waals surface area contributed by atoms with Gasteiger partial charge in [0.25, 0.3) is 0 Å². The van der Waals surface area contributed by atoms with Gasteiger partial charge in [0, 0.05) is 25.2 Å². The molecule has 0 radical (unpaired) electrons. The number of aromatic nitrogens is 2. The number of nitrogens with zero attached hydrogens (tertiary/aromatic N) is 4. The third-order valence-electron chi connectivity index (χ3n) is 4.63. The van der Waals surface area contributed by atoms with Crippen LogP contribution in [0.1, 0.15) is 36.7 Å². The predicted octanol–water partition coefficient (Wildman–Crippen LogP) is 3.06. The molecule has 5 heteroatoms. The maximum absolute atomic E-state index is 9.13. The summed E-state index contributed by atoms with van der Waals surface area (Å²) in [7, 11) is 0. The summed E-state index contributed by atoms with van der Waals surface area (Å²) in [6.45, 7) is 2.24. The number of fused-ring (bicyclic) bond motifs is 1. The normalized spacial score (nSPS) is 22.8. The van der Waals surface area contributed by atoms with Crippen molar-refractivity contribution in [1.29, 1.82) is 5.26 Å². The highest BCUT2D eigenvalue weighted by atomic mass is 35.5. The molecule has 1 aromatic carbocycles. The van der Waals surface area contributed by atoms with Crippen LogP contribution in [0.2, 0.25) is 0 Å². The Morgan fingerprint density at radius 3 is 2.86 bits per heavy atom. The topological polar surface area (TPSA) is 44.9 Å². The van der Waals surface area contributed by atoms with Gasteiger partial charge in [-0.25, -0.2) is 4.98 Å². The number of imidazole rings is 1. The maximum Gasteiger partial charge on any atom is 0.125 e. The molecule has 0 amide bonds. The molecule has 1 unspecified atom stereocenters. The van der Waals surface area contributed by atoms with E-state index in [1.807, 2.05) is 18.2 Å². The Kier molecular flexibility index (Phi) is 3.13. The van der Waals surface area contributed by atoms with Crippen molar-refractivity contribution in [3.63, 3.8) is 0 Å². The fourth-order valence-corrected chi connectivity index (χ4v) is 3.65. The van der Waals surface area contributed by atoms with Crippen LogP contribution in [0.25, 0.3) is 11.0 Å². The number of rotatable bonds is 3. The number of halogens is 1. The molecule has 0 bridgehead atoms. The Bertz CT molecular complexity index is 726. The number of hydrogen-bond donors (Lipinski definition) is 0. The molecular formula is C16H17ClN4. The smallest absolute Gasteiger partial charge is 0.125 e. The summed E-state index contributed by atoms with van der Waals surface area (Å²) in [6, 6.07) is 9.14. The Labute approximate surface area is 128 Å². The van der Waals surface area contributed by atoms with E-state index in [-0.39, 0.29) is 0 Å². The van der Waals surface area contributed by atoms with E-state index in [0.29, 0.717) is 17.5 Å². The van der Waals surface area contributed by atoms with Gasteiger partial charge in [-0.1, -0.05) is 0 Å². The lowest BCUT2D eigenvalue weighted by molar-refractivity contribution is 0.314. The highest BCUT2D eigenvalue weighted by molar-refractivity contribution is 6.16. The third kappa shape index (κ3) is 2.21. The monoisotopic (exact) mass is 300 g/mol. The van der Waals surface area contributed by atoms with Crippen LogP contribution in [-0.4, -0.2) is 33.6 Å². The van der Waals surface area contributed by atoms with E-state index in [2.05, 4.69) is 20.5 Å². The Balaban J connectivity index is 1.77. The Morgan fingerprint density at radius 2 is 2.14 bits per heavy atom. The van der Waals surface area contributed by atoms with Gasteiger partial charge < -0.3 is 4.57 Å². The molecule has 2 heterocycles. The minimum atomic E-state index is 0.413. The van der Waals surface area contributed by atoms with Crippen molar-refractivity contribution >= 4 is 22.6 Å². The molecule has 1 aliphatic heterocycles. The predicted molar refractivity (Wildman–Crippen MR) is 82.3 cm³/mol. The Morgan fingerprint density at radius 1 is 1.29 bits per heavy atom. The molecule has 0 spiro atoms. The largest absolute Gasteiger partial charge is 0.322 e. The highest BCUT2D eigenvalue weighted by Crippen LogP contribution is 2.35. The number of likely N-dealkylation sites (tertiary alicyclic amines) is 1. The van der Waals surface area contributed by atoms with Crippen molar-refractivity contribution in [3.8, 4) is 6.07 Å². The van der Waals surface area contributed by atoms with E-state index in [0.717, 1.165) is 42.4 Å². The second-order valence-electron chi connectivity index (χ2n) is 6.02. The second-order valence-corrected chi connectivity index (χ2v) is 6.28. The number of nitriles is 1. The second kappa shape index (κ2) is 5.01. The lowest BCUT2D eigenvalue weighted by atomic mass is 10.2. The van der Waals surface area contributed by atoms with Crippen LogP contribution in [0, 0.1) is 11.3 Å². The van der Waals surface area contributed by atoms with Crippen molar-refractivity contribution in [1.82, 2.24) is 14.5 Å². The lowest BCUT2D eigenvalue weighted by Gasteiger charge is -2.18. The summed E-state index contributed by atoms with van der Waals surface area (Å²) >= 11 is 6.10. The summed E-state index contributed by atoms with van der Waals surface area (Å²) in [5.41, 5.74) is 2.67. The lowest BCUT2D eigenvalue weighted by Crippen LogP contribution is -2.24. The molecule has 1 aliphatic carbocycles. The molecule has 1 aromatic heterocycles. The molecule has 1 saturated heterocycles. The first kappa shape index (κ1) is 13.1. The van der Waals surface area contributed by atoms with Crippen molar-refractivity contribution < 1.29 is 0 Å². The van der Waals surface area contributed by atoms with Gasteiger partial charge in [-0.2, -0.15) is 5.26 Å². The fraction of sp³-hybridized carbons (Fsp3) is 0.500. The first-order valence-corrected chi connectivity index (χ1v) is 8.04. The third-order valence-corrected chi connectivity index (χ3v) is 4.87. The van der Waals surface area contributed by atoms with Gasteiger partial charge in [0.05, 0.1) is 28.5 Å². The van der Waals surface area contributed by atoms with Crippen LogP contribution in [0.3, 0.4) is 0 Å². The molecule has 2 aliphatic rings. The molecular weight excluding hydrogens is 284 g/mol. The van der Waals surface area contributed by atoms with Crippen molar-refractivity contribution in [2.75, 3.05) is 13.1 Å². The zero-order valence-corrected chi connectivity index (χ0v) is 12.6. The minimum absolute atomic E-state index is 0.413. The van der Waals surface area contributed by atoms with Gasteiger partial charge in [-0.3, -0.25) is 4.90 Å². The quantitative estimate of drug-likeness (QED) is 0.818. The van der Waals surface area contributed by atoms with Gasteiger partial charge in [-0.05, 0) is 37.5 Å². The van der Waals surface area contributed by atoms with Crippen molar-refractivity contribution in [2.24, 2.45) is 0 Å². The van der Waals surface area contributed by atoms with E-state index in [1.165, 1.54) is 12.8 Å². The van der Waals surface area contributed by atoms with Gasteiger partial charge in [0.15, 0.2) is 0 Å². The minimum Gasteiger partial charge on any atom is -0.322 e. The van der Waals surface area contributed by atoms with Crippen LogP contribution in [0.5, 0.6) is 0 Å². The zero-order valence-electron chi connectivity index (χ0n) is 11.8. The van der Waals surface area contributed by atoms with E-state index in [1.54, 1.807) is 0 Å². The van der Waals surface area contributed by atoms with Gasteiger partial charge in [0.1, 0.15) is 5.82 Å². The van der Waals surface area contributed by atoms with Crippen LogP contribution in [-0.2, 0) is 5.88 Å².